The van der Waals surface area contributed by atoms with Gasteiger partial charge >= 0.3 is 0 Å². The summed E-state index contributed by atoms with van der Waals surface area (Å²) in [5, 5.41) is 5.38. The Balaban J connectivity index is 1.67. The number of hydrogen-bond donors (Lipinski definition) is 1. The monoisotopic (exact) mass is 448 g/mol. The van der Waals surface area contributed by atoms with Crippen LogP contribution in [0.5, 0.6) is 0 Å². The van der Waals surface area contributed by atoms with Crippen LogP contribution in [0.4, 0.5) is 0 Å². The lowest BCUT2D eigenvalue weighted by Crippen LogP contribution is -2.04. The first-order chi connectivity index (χ1) is 13.4. The lowest BCUT2D eigenvalue weighted by molar-refractivity contribution is 0.711. The molecule has 0 fully saturated rings. The van der Waals surface area contributed by atoms with E-state index in [-0.39, 0.29) is 0 Å². The van der Waals surface area contributed by atoms with E-state index in [4.69, 9.17) is 11.6 Å². The van der Waals surface area contributed by atoms with Gasteiger partial charge in [-0.2, -0.15) is 0 Å². The zero-order chi connectivity index (χ0) is 19.7. The van der Waals surface area contributed by atoms with Crippen molar-refractivity contribution < 1.29 is 0 Å². The Hall–Kier alpha value is -1.30. The number of fused-ring (bicyclic) bond motifs is 1. The highest BCUT2D eigenvalue weighted by Crippen LogP contribution is 2.55. The van der Waals surface area contributed by atoms with Crippen molar-refractivity contribution in [2.75, 3.05) is 20.8 Å². The van der Waals surface area contributed by atoms with Gasteiger partial charge in [-0.15, -0.1) is 0 Å². The maximum absolute atomic E-state index is 6.26. The van der Waals surface area contributed by atoms with E-state index in [0.29, 0.717) is 5.02 Å². The standard InChI is InChI=1S/C20H22ClN4PS2/c1-24(2)28-26(3)14-15(11-23-26)9-16-13-25(27-18-7-5-4-6-8-18)20-19(16)10-17(21)12-22-20/h4-8,10-14,23H,9H2,1-3H3. The molecule has 0 radical (unpaired) electrons. The maximum atomic E-state index is 6.26. The second-order valence-corrected chi connectivity index (χ2v) is 14.6. The van der Waals surface area contributed by atoms with Crippen molar-refractivity contribution in [3.05, 3.63) is 71.2 Å². The fourth-order valence-corrected chi connectivity index (χ4v) is 9.25. The van der Waals surface area contributed by atoms with E-state index in [1.807, 2.05) is 23.7 Å². The molecule has 8 heteroatoms. The Kier molecular flexibility index (Phi) is 5.86. The summed E-state index contributed by atoms with van der Waals surface area (Å²) in [6.45, 7) is 2.30. The molecule has 28 heavy (non-hydrogen) atoms. The first kappa shape index (κ1) is 20.0. The van der Waals surface area contributed by atoms with Gasteiger partial charge in [0.15, 0.2) is 5.65 Å². The van der Waals surface area contributed by atoms with Crippen molar-refractivity contribution in [2.45, 2.75) is 11.3 Å². The van der Waals surface area contributed by atoms with Crippen molar-refractivity contribution in [1.82, 2.24) is 18.3 Å². The molecule has 0 spiro atoms. The van der Waals surface area contributed by atoms with Crippen molar-refractivity contribution in [1.29, 1.82) is 0 Å². The van der Waals surface area contributed by atoms with Crippen LogP contribution in [-0.4, -0.2) is 39.8 Å². The molecule has 146 valence electrons. The van der Waals surface area contributed by atoms with Gasteiger partial charge in [0.05, 0.1) is 5.02 Å². The molecule has 3 aromatic rings. The van der Waals surface area contributed by atoms with Gasteiger partial charge in [0, 0.05) is 41.5 Å². The molecule has 1 N–H and O–H groups in total. The molecule has 3 heterocycles. The Bertz CT molecular complexity index is 1090. The molecule has 0 saturated heterocycles. The molecular weight excluding hydrogens is 427 g/mol. The van der Waals surface area contributed by atoms with Gasteiger partial charge in [-0.1, -0.05) is 29.8 Å². The molecule has 1 aromatic carbocycles. The Morgan fingerprint density at radius 1 is 1.25 bits per heavy atom. The van der Waals surface area contributed by atoms with Gasteiger partial charge in [0.1, 0.15) is 0 Å². The predicted octanol–water partition coefficient (Wildman–Crippen LogP) is 5.76. The van der Waals surface area contributed by atoms with Gasteiger partial charge in [-0.25, -0.2) is 4.98 Å². The quantitative estimate of drug-likeness (QED) is 0.382. The molecule has 4 nitrogen and oxygen atoms in total. The zero-order valence-electron chi connectivity index (χ0n) is 16.0. The average Bonchev–Trinajstić information content (AvgIpc) is 3.16. The minimum atomic E-state index is -1.37. The van der Waals surface area contributed by atoms with E-state index in [1.54, 1.807) is 18.1 Å². The van der Waals surface area contributed by atoms with Gasteiger partial charge in [-0.05, 0) is 79.4 Å². The SMILES string of the molecule is CN(C)SP1(C)=CC(Cc2cn(Sc3ccccc3)c3ncc(Cl)cc23)=CN1. The number of halogens is 1. The molecular formula is C20H22ClN4PS2. The van der Waals surface area contributed by atoms with Crippen LogP contribution in [0.1, 0.15) is 5.56 Å². The summed E-state index contributed by atoms with van der Waals surface area (Å²) in [6.07, 6.45) is 5.56. The molecule has 1 atom stereocenters. The Labute approximate surface area is 179 Å². The van der Waals surface area contributed by atoms with Crippen LogP contribution in [-0.2, 0) is 6.42 Å². The number of pyridine rings is 1. The highest BCUT2D eigenvalue weighted by atomic mass is 35.5. The van der Waals surface area contributed by atoms with Crippen LogP contribution in [0.15, 0.2) is 65.5 Å². The molecule has 0 amide bonds. The molecule has 0 saturated carbocycles. The summed E-state index contributed by atoms with van der Waals surface area (Å²) < 4.78 is 4.31. The topological polar surface area (TPSA) is 33.1 Å². The first-order valence-corrected chi connectivity index (χ1v) is 13.7. The highest BCUT2D eigenvalue weighted by Gasteiger charge is 2.20. The van der Waals surface area contributed by atoms with Crippen LogP contribution in [0.25, 0.3) is 11.0 Å². The molecule has 0 aliphatic carbocycles. The molecule has 4 rings (SSSR count). The summed E-state index contributed by atoms with van der Waals surface area (Å²) in [5.74, 6) is 2.41. The van der Waals surface area contributed by atoms with Crippen molar-refractivity contribution in [2.24, 2.45) is 0 Å². The van der Waals surface area contributed by atoms with E-state index in [9.17, 15) is 0 Å². The molecule has 2 aromatic heterocycles. The number of nitrogens with one attached hydrogen (secondary N) is 1. The molecule has 1 aliphatic heterocycles. The number of allylic oxidation sites excluding steroid dienone is 1. The second kappa shape index (κ2) is 8.21. The lowest BCUT2D eigenvalue weighted by Gasteiger charge is -2.20. The minimum Gasteiger partial charge on any atom is -0.363 e. The summed E-state index contributed by atoms with van der Waals surface area (Å²) in [4.78, 5) is 5.78. The van der Waals surface area contributed by atoms with Gasteiger partial charge in [0.2, 0.25) is 0 Å². The third-order valence-electron chi connectivity index (χ3n) is 4.25. The van der Waals surface area contributed by atoms with E-state index >= 15 is 0 Å². The number of rotatable bonds is 6. The third kappa shape index (κ3) is 4.47. The minimum absolute atomic E-state index is 0.666. The van der Waals surface area contributed by atoms with Crippen LogP contribution in [0.3, 0.4) is 0 Å². The van der Waals surface area contributed by atoms with Gasteiger partial charge < -0.3 is 5.09 Å². The van der Waals surface area contributed by atoms with Crippen LogP contribution < -0.4 is 5.09 Å². The molecule has 1 unspecified atom stereocenters. The van der Waals surface area contributed by atoms with Crippen LogP contribution in [0.2, 0.25) is 5.02 Å². The van der Waals surface area contributed by atoms with Crippen LogP contribution >= 0.6 is 41.4 Å². The lowest BCUT2D eigenvalue weighted by atomic mass is 10.1. The number of nitrogens with zero attached hydrogens (tertiary/aromatic N) is 3. The zero-order valence-corrected chi connectivity index (χ0v) is 19.2. The van der Waals surface area contributed by atoms with E-state index in [0.717, 1.165) is 17.5 Å². The normalized spacial score (nSPS) is 19.0. The van der Waals surface area contributed by atoms with E-state index in [2.05, 4.69) is 81.6 Å². The Morgan fingerprint density at radius 3 is 2.79 bits per heavy atom. The second-order valence-electron chi connectivity index (χ2n) is 6.95. The third-order valence-corrected chi connectivity index (χ3v) is 10.2. The predicted molar refractivity (Wildman–Crippen MR) is 128 cm³/mol. The van der Waals surface area contributed by atoms with Gasteiger partial charge in [-0.3, -0.25) is 8.28 Å². The van der Waals surface area contributed by atoms with Gasteiger partial charge in [0.25, 0.3) is 0 Å². The smallest absolute Gasteiger partial charge is 0.150 e. The summed E-state index contributed by atoms with van der Waals surface area (Å²) in [6, 6.07) is 12.4. The summed E-state index contributed by atoms with van der Waals surface area (Å²) in [7, 11) is 4.18. The fraction of sp³-hybridized carbons (Fsp3) is 0.200. The number of aromatic nitrogens is 2. The highest BCUT2D eigenvalue weighted by molar-refractivity contribution is 8.59. The average molecular weight is 449 g/mol. The maximum Gasteiger partial charge on any atom is 0.150 e. The van der Waals surface area contributed by atoms with E-state index < -0.39 is 6.24 Å². The Morgan fingerprint density at radius 2 is 2.04 bits per heavy atom. The number of hydrogen-bond acceptors (Lipinski definition) is 5. The van der Waals surface area contributed by atoms with Crippen molar-refractivity contribution in [3.63, 3.8) is 0 Å². The van der Waals surface area contributed by atoms with E-state index in [1.165, 1.54) is 16.0 Å². The summed E-state index contributed by atoms with van der Waals surface area (Å²) in [5.41, 5.74) is 3.50. The largest absolute Gasteiger partial charge is 0.363 e. The molecule has 0 bridgehead atoms. The summed E-state index contributed by atoms with van der Waals surface area (Å²) >= 11 is 9.81. The number of benzene rings is 1. The molecule has 1 aliphatic rings. The van der Waals surface area contributed by atoms with Crippen molar-refractivity contribution in [3.8, 4) is 0 Å². The first-order valence-electron chi connectivity index (χ1n) is 8.87. The van der Waals surface area contributed by atoms with Crippen molar-refractivity contribution >= 4 is 58.2 Å². The fourth-order valence-electron chi connectivity index (χ4n) is 3.23. The van der Waals surface area contributed by atoms with Crippen LogP contribution in [0, 0.1) is 0 Å².